The van der Waals surface area contributed by atoms with Crippen molar-refractivity contribution in [3.05, 3.63) is 23.8 Å². The number of carbonyl (C=O) groups excluding carboxylic acids is 1. The van der Waals surface area contributed by atoms with Gasteiger partial charge < -0.3 is 10.1 Å². The molecule has 1 aromatic rings. The average molecular weight is 328 g/mol. The zero-order valence-electron chi connectivity index (χ0n) is 12.0. The molecule has 0 bridgehead atoms. The molecule has 0 aliphatic carbocycles. The lowest BCUT2D eigenvalue weighted by atomic mass is 9.97. The van der Waals surface area contributed by atoms with E-state index in [0.29, 0.717) is 17.9 Å². The number of nitrogens with one attached hydrogen (secondary N) is 1. The molecule has 4 heteroatoms. The highest BCUT2D eigenvalue weighted by atomic mass is 79.9. The molecular weight excluding hydrogens is 306 g/mol. The Morgan fingerprint density at radius 1 is 1.37 bits per heavy atom. The fraction of sp³-hybridized carbons (Fsp3) is 0.533. The largest absolute Gasteiger partial charge is 0.494 e. The molecule has 1 atom stereocenters. The van der Waals surface area contributed by atoms with Crippen molar-refractivity contribution in [3.63, 3.8) is 0 Å². The van der Waals surface area contributed by atoms with Crippen LogP contribution in [0.5, 0.6) is 5.75 Å². The summed E-state index contributed by atoms with van der Waals surface area (Å²) in [5.41, 5.74) is 1.85. The average Bonchev–Trinajstić information content (AvgIpc) is 2.39. The fourth-order valence-corrected chi connectivity index (χ4v) is 2.05. The zero-order chi connectivity index (χ0) is 14.4. The highest BCUT2D eigenvalue weighted by Crippen LogP contribution is 2.25. The van der Waals surface area contributed by atoms with E-state index in [9.17, 15) is 4.79 Å². The van der Waals surface area contributed by atoms with Crippen LogP contribution in [0.1, 0.15) is 33.3 Å². The third kappa shape index (κ3) is 4.53. The summed E-state index contributed by atoms with van der Waals surface area (Å²) in [6.45, 7) is 8.63. The lowest BCUT2D eigenvalue weighted by Gasteiger charge is -2.16. The van der Waals surface area contributed by atoms with Crippen LogP contribution in [0.4, 0.5) is 5.69 Å². The molecule has 0 saturated heterocycles. The predicted octanol–water partition coefficient (Wildman–Crippen LogP) is 4.21. The monoisotopic (exact) mass is 327 g/mol. The maximum atomic E-state index is 12.0. The van der Waals surface area contributed by atoms with E-state index in [1.165, 1.54) is 0 Å². The molecule has 0 saturated carbocycles. The summed E-state index contributed by atoms with van der Waals surface area (Å²) in [4.78, 5) is 12.0. The van der Waals surface area contributed by atoms with E-state index in [4.69, 9.17) is 4.74 Å². The van der Waals surface area contributed by atoms with Crippen LogP contribution in [0.25, 0.3) is 0 Å². The van der Waals surface area contributed by atoms with Crippen molar-refractivity contribution in [1.82, 2.24) is 0 Å². The Kier molecular flexibility index (Phi) is 6.35. The van der Waals surface area contributed by atoms with Crippen LogP contribution in [-0.2, 0) is 10.1 Å². The number of hydrogen-bond donors (Lipinski definition) is 1. The minimum atomic E-state index is -0.000936. The molecule has 106 valence electrons. The molecule has 1 aromatic carbocycles. The molecule has 0 radical (unpaired) electrons. The third-order valence-electron chi connectivity index (χ3n) is 3.19. The van der Waals surface area contributed by atoms with Gasteiger partial charge >= 0.3 is 0 Å². The highest BCUT2D eigenvalue weighted by molar-refractivity contribution is 9.08. The van der Waals surface area contributed by atoms with Gasteiger partial charge in [0.15, 0.2) is 0 Å². The van der Waals surface area contributed by atoms with E-state index in [1.807, 2.05) is 45.9 Å². The van der Waals surface area contributed by atoms with Gasteiger partial charge in [-0.25, -0.2) is 0 Å². The molecule has 0 fully saturated rings. The van der Waals surface area contributed by atoms with E-state index in [1.54, 1.807) is 0 Å². The molecule has 3 nitrogen and oxygen atoms in total. The predicted molar refractivity (Wildman–Crippen MR) is 82.9 cm³/mol. The summed E-state index contributed by atoms with van der Waals surface area (Å²) in [6, 6.07) is 5.72. The minimum absolute atomic E-state index is 0.000936. The van der Waals surface area contributed by atoms with E-state index in [0.717, 1.165) is 17.0 Å². The molecule has 1 N–H and O–H groups in total. The van der Waals surface area contributed by atoms with E-state index in [-0.39, 0.29) is 11.8 Å². The molecule has 19 heavy (non-hydrogen) atoms. The van der Waals surface area contributed by atoms with Gasteiger partial charge in [0.2, 0.25) is 5.91 Å². The van der Waals surface area contributed by atoms with Gasteiger partial charge in [0.1, 0.15) is 5.75 Å². The lowest BCUT2D eigenvalue weighted by Crippen LogP contribution is -2.24. The topological polar surface area (TPSA) is 38.3 Å². The van der Waals surface area contributed by atoms with Crippen LogP contribution >= 0.6 is 15.9 Å². The summed E-state index contributed by atoms with van der Waals surface area (Å²) >= 11 is 3.44. The highest BCUT2D eigenvalue weighted by Gasteiger charge is 2.17. The standard InChI is InChI=1S/C15H22BrNO2/c1-5-19-14-7-6-13(8-12(14)9-16)17-15(18)11(4)10(2)3/h6-8,10-11H,5,9H2,1-4H3,(H,17,18). The number of benzene rings is 1. The van der Waals surface area contributed by atoms with Crippen molar-refractivity contribution >= 4 is 27.5 Å². The van der Waals surface area contributed by atoms with Gasteiger partial charge in [-0.2, -0.15) is 0 Å². The number of alkyl halides is 1. The fourth-order valence-electron chi connectivity index (χ4n) is 1.62. The van der Waals surface area contributed by atoms with Crippen molar-refractivity contribution in [2.24, 2.45) is 11.8 Å². The Morgan fingerprint density at radius 2 is 2.05 bits per heavy atom. The molecule has 0 heterocycles. The van der Waals surface area contributed by atoms with Crippen molar-refractivity contribution in [2.75, 3.05) is 11.9 Å². The lowest BCUT2D eigenvalue weighted by molar-refractivity contribution is -0.120. The first-order valence-electron chi connectivity index (χ1n) is 6.62. The van der Waals surface area contributed by atoms with E-state index >= 15 is 0 Å². The quantitative estimate of drug-likeness (QED) is 0.795. The number of rotatable bonds is 6. The summed E-state index contributed by atoms with van der Waals surface area (Å²) < 4.78 is 5.53. The molecule has 1 rings (SSSR count). The molecular formula is C15H22BrNO2. The van der Waals surface area contributed by atoms with Crippen molar-refractivity contribution < 1.29 is 9.53 Å². The second-order valence-corrected chi connectivity index (χ2v) is 5.47. The third-order valence-corrected chi connectivity index (χ3v) is 3.79. The first kappa shape index (κ1) is 16.0. The summed E-state index contributed by atoms with van der Waals surface area (Å²) in [6.07, 6.45) is 0. The second kappa shape index (κ2) is 7.53. The van der Waals surface area contributed by atoms with Gasteiger partial charge in [0.05, 0.1) is 6.61 Å². The summed E-state index contributed by atoms with van der Waals surface area (Å²) in [7, 11) is 0. The Hall–Kier alpha value is -1.03. The Bertz CT molecular complexity index is 432. The van der Waals surface area contributed by atoms with Gasteiger partial charge in [-0.1, -0.05) is 36.7 Å². The van der Waals surface area contributed by atoms with Crippen molar-refractivity contribution in [3.8, 4) is 5.75 Å². The van der Waals surface area contributed by atoms with Crippen LogP contribution in [0.2, 0.25) is 0 Å². The molecule has 0 aliphatic rings. The first-order valence-corrected chi connectivity index (χ1v) is 7.74. The van der Waals surface area contributed by atoms with Gasteiger partial charge in [-0.05, 0) is 31.0 Å². The minimum Gasteiger partial charge on any atom is -0.494 e. The number of carbonyl (C=O) groups is 1. The maximum Gasteiger partial charge on any atom is 0.227 e. The Morgan fingerprint density at radius 3 is 2.58 bits per heavy atom. The van der Waals surface area contributed by atoms with Gasteiger partial charge in [-0.3, -0.25) is 4.79 Å². The van der Waals surface area contributed by atoms with E-state index in [2.05, 4.69) is 21.2 Å². The number of anilines is 1. The van der Waals surface area contributed by atoms with Crippen LogP contribution in [0.15, 0.2) is 18.2 Å². The smallest absolute Gasteiger partial charge is 0.227 e. The second-order valence-electron chi connectivity index (χ2n) is 4.91. The molecule has 1 amide bonds. The van der Waals surface area contributed by atoms with Crippen LogP contribution in [0.3, 0.4) is 0 Å². The van der Waals surface area contributed by atoms with E-state index < -0.39 is 0 Å². The first-order chi connectivity index (χ1) is 8.99. The molecule has 0 aliphatic heterocycles. The van der Waals surface area contributed by atoms with Gasteiger partial charge in [0, 0.05) is 22.5 Å². The number of hydrogen-bond acceptors (Lipinski definition) is 2. The van der Waals surface area contributed by atoms with Crippen LogP contribution in [-0.4, -0.2) is 12.5 Å². The van der Waals surface area contributed by atoms with Gasteiger partial charge in [-0.15, -0.1) is 0 Å². The molecule has 1 unspecified atom stereocenters. The SMILES string of the molecule is CCOc1ccc(NC(=O)C(C)C(C)C)cc1CBr. The summed E-state index contributed by atoms with van der Waals surface area (Å²) in [5, 5.41) is 3.65. The van der Waals surface area contributed by atoms with Crippen LogP contribution < -0.4 is 10.1 Å². The summed E-state index contributed by atoms with van der Waals surface area (Å²) in [5.74, 6) is 1.24. The molecule has 0 aromatic heterocycles. The van der Waals surface area contributed by atoms with Gasteiger partial charge in [0.25, 0.3) is 0 Å². The van der Waals surface area contributed by atoms with Crippen molar-refractivity contribution in [1.29, 1.82) is 0 Å². The normalized spacial score (nSPS) is 12.3. The number of halogens is 1. The van der Waals surface area contributed by atoms with Crippen LogP contribution in [0, 0.1) is 11.8 Å². The maximum absolute atomic E-state index is 12.0. The van der Waals surface area contributed by atoms with Crippen molar-refractivity contribution in [2.45, 2.75) is 33.0 Å². The Labute approximate surface area is 123 Å². The molecule has 0 spiro atoms. The number of amides is 1. The Balaban J connectivity index is 2.82. The number of ether oxygens (including phenoxy) is 1. The zero-order valence-corrected chi connectivity index (χ0v) is 13.6.